The average molecular weight is 301 g/mol. The number of nitrogens with zero attached hydrogens (tertiary/aromatic N) is 3. The van der Waals surface area contributed by atoms with Gasteiger partial charge in [0.25, 0.3) is 0 Å². The maximum atomic E-state index is 5.38. The van der Waals surface area contributed by atoms with Gasteiger partial charge in [-0.25, -0.2) is 9.97 Å². The highest BCUT2D eigenvalue weighted by atomic mass is 16.5. The van der Waals surface area contributed by atoms with Gasteiger partial charge < -0.3 is 19.1 Å². The van der Waals surface area contributed by atoms with E-state index in [1.54, 1.807) is 33.7 Å². The third kappa shape index (κ3) is 2.64. The second-order valence-electron chi connectivity index (χ2n) is 5.07. The minimum absolute atomic E-state index is 0.660. The van der Waals surface area contributed by atoms with Crippen LogP contribution in [0.5, 0.6) is 17.2 Å². The van der Waals surface area contributed by atoms with Crippen molar-refractivity contribution >= 4 is 5.95 Å². The second kappa shape index (κ2) is 6.09. The normalized spacial score (nSPS) is 13.5. The van der Waals surface area contributed by atoms with Crippen molar-refractivity contribution in [1.82, 2.24) is 9.97 Å². The first-order chi connectivity index (χ1) is 10.7. The predicted molar refractivity (Wildman–Crippen MR) is 82.9 cm³/mol. The summed E-state index contributed by atoms with van der Waals surface area (Å²) in [5.41, 5.74) is 2.49. The Morgan fingerprint density at radius 2 is 1.55 bits per heavy atom. The van der Waals surface area contributed by atoms with Gasteiger partial charge in [0.2, 0.25) is 5.95 Å². The Labute approximate surface area is 129 Å². The lowest BCUT2D eigenvalue weighted by molar-refractivity contribution is 0.353. The second-order valence-corrected chi connectivity index (χ2v) is 5.07. The number of hydrogen-bond donors (Lipinski definition) is 0. The van der Waals surface area contributed by atoms with Gasteiger partial charge in [0, 0.05) is 13.1 Å². The number of methoxy groups -OCH3 is 3. The fourth-order valence-electron chi connectivity index (χ4n) is 2.63. The van der Waals surface area contributed by atoms with Crippen LogP contribution >= 0.6 is 0 Å². The molecular weight excluding hydrogens is 282 g/mol. The van der Waals surface area contributed by atoms with E-state index in [0.29, 0.717) is 11.7 Å². The van der Waals surface area contributed by atoms with E-state index in [4.69, 9.17) is 14.2 Å². The highest BCUT2D eigenvalue weighted by Gasteiger charge is 2.21. The van der Waals surface area contributed by atoms with Crippen molar-refractivity contribution in [3.63, 3.8) is 0 Å². The van der Waals surface area contributed by atoms with E-state index in [9.17, 15) is 0 Å². The molecule has 6 heteroatoms. The smallest absolute Gasteiger partial charge is 0.225 e. The largest absolute Gasteiger partial charge is 0.494 e. The minimum Gasteiger partial charge on any atom is -0.494 e. The molecule has 1 aromatic heterocycles. The molecule has 0 saturated carbocycles. The van der Waals surface area contributed by atoms with Crippen LogP contribution in [0.15, 0.2) is 24.5 Å². The first kappa shape index (κ1) is 14.4. The molecule has 0 atom stereocenters. The average Bonchev–Trinajstić information content (AvgIpc) is 2.60. The zero-order valence-electron chi connectivity index (χ0n) is 13.0. The van der Waals surface area contributed by atoms with Crippen molar-refractivity contribution in [1.29, 1.82) is 0 Å². The SMILES string of the molecule is COc1cnc(N2CCc3cc(OC)c(OC)cc3C2)nc1. The Bertz CT molecular complexity index is 658. The van der Waals surface area contributed by atoms with Crippen LogP contribution in [0.4, 0.5) is 5.95 Å². The van der Waals surface area contributed by atoms with Crippen LogP contribution in [0.1, 0.15) is 11.1 Å². The zero-order valence-corrected chi connectivity index (χ0v) is 13.0. The number of hydrogen-bond acceptors (Lipinski definition) is 6. The molecule has 116 valence electrons. The molecule has 1 aliphatic rings. The van der Waals surface area contributed by atoms with Gasteiger partial charge in [-0.1, -0.05) is 0 Å². The number of rotatable bonds is 4. The van der Waals surface area contributed by atoms with Gasteiger partial charge in [-0.2, -0.15) is 0 Å². The molecule has 3 rings (SSSR count). The summed E-state index contributed by atoms with van der Waals surface area (Å²) in [6.45, 7) is 1.62. The van der Waals surface area contributed by atoms with Crippen molar-refractivity contribution < 1.29 is 14.2 Å². The van der Waals surface area contributed by atoms with Crippen LogP contribution in [-0.2, 0) is 13.0 Å². The van der Waals surface area contributed by atoms with E-state index in [1.807, 2.05) is 6.07 Å². The van der Waals surface area contributed by atoms with Crippen LogP contribution in [0.3, 0.4) is 0 Å². The topological polar surface area (TPSA) is 56.7 Å². The van der Waals surface area contributed by atoms with E-state index >= 15 is 0 Å². The Hall–Kier alpha value is -2.50. The maximum Gasteiger partial charge on any atom is 0.225 e. The lowest BCUT2D eigenvalue weighted by atomic mass is 9.99. The fraction of sp³-hybridized carbons (Fsp3) is 0.375. The Morgan fingerprint density at radius 1 is 0.909 bits per heavy atom. The van der Waals surface area contributed by atoms with Gasteiger partial charge in [0.05, 0.1) is 33.7 Å². The standard InChI is InChI=1S/C16H19N3O3/c1-20-13-8-17-16(18-9-13)19-5-4-11-6-14(21-2)15(22-3)7-12(11)10-19/h6-9H,4-5,10H2,1-3H3. The van der Waals surface area contributed by atoms with Crippen LogP contribution in [0.25, 0.3) is 0 Å². The highest BCUT2D eigenvalue weighted by molar-refractivity contribution is 5.50. The van der Waals surface area contributed by atoms with Crippen molar-refractivity contribution in [2.45, 2.75) is 13.0 Å². The molecule has 2 heterocycles. The van der Waals surface area contributed by atoms with Crippen LogP contribution < -0.4 is 19.1 Å². The summed E-state index contributed by atoms with van der Waals surface area (Å²) in [6.07, 6.45) is 4.30. The Kier molecular flexibility index (Phi) is 4.00. The minimum atomic E-state index is 0.660. The van der Waals surface area contributed by atoms with Crippen molar-refractivity contribution in [3.05, 3.63) is 35.7 Å². The molecule has 1 aromatic carbocycles. The van der Waals surface area contributed by atoms with Crippen molar-refractivity contribution in [2.24, 2.45) is 0 Å². The van der Waals surface area contributed by atoms with Crippen molar-refractivity contribution in [2.75, 3.05) is 32.8 Å². The van der Waals surface area contributed by atoms with Crippen molar-refractivity contribution in [3.8, 4) is 17.2 Å². The zero-order chi connectivity index (χ0) is 15.5. The molecule has 0 saturated heterocycles. The summed E-state index contributed by atoms with van der Waals surface area (Å²) in [4.78, 5) is 10.9. The summed E-state index contributed by atoms with van der Waals surface area (Å²) in [7, 11) is 4.91. The third-order valence-electron chi connectivity index (χ3n) is 3.85. The van der Waals surface area contributed by atoms with Gasteiger partial charge in [-0.05, 0) is 29.7 Å². The summed E-state index contributed by atoms with van der Waals surface area (Å²) >= 11 is 0. The Morgan fingerprint density at radius 3 is 2.14 bits per heavy atom. The first-order valence-electron chi connectivity index (χ1n) is 7.10. The molecule has 0 unspecified atom stereocenters. The van der Waals surface area contributed by atoms with Gasteiger partial charge >= 0.3 is 0 Å². The van der Waals surface area contributed by atoms with Crippen LogP contribution in [0.2, 0.25) is 0 Å². The summed E-state index contributed by atoms with van der Waals surface area (Å²) < 4.78 is 15.8. The van der Waals surface area contributed by atoms with Gasteiger partial charge in [0.1, 0.15) is 0 Å². The van der Waals surface area contributed by atoms with E-state index in [0.717, 1.165) is 31.0 Å². The molecule has 0 spiro atoms. The number of aromatic nitrogens is 2. The number of ether oxygens (including phenoxy) is 3. The van der Waals surface area contributed by atoms with E-state index in [2.05, 4.69) is 20.9 Å². The monoisotopic (exact) mass is 301 g/mol. The molecule has 22 heavy (non-hydrogen) atoms. The molecule has 0 bridgehead atoms. The molecule has 6 nitrogen and oxygen atoms in total. The molecule has 0 radical (unpaired) electrons. The van der Waals surface area contributed by atoms with Gasteiger partial charge in [-0.3, -0.25) is 0 Å². The van der Waals surface area contributed by atoms with Gasteiger partial charge in [0.15, 0.2) is 17.2 Å². The van der Waals surface area contributed by atoms with E-state index in [-0.39, 0.29) is 0 Å². The lowest BCUT2D eigenvalue weighted by Crippen LogP contribution is -2.31. The first-order valence-corrected chi connectivity index (χ1v) is 7.10. The third-order valence-corrected chi connectivity index (χ3v) is 3.85. The number of fused-ring (bicyclic) bond motifs is 1. The quantitative estimate of drug-likeness (QED) is 0.861. The predicted octanol–water partition coefficient (Wildman–Crippen LogP) is 2.07. The van der Waals surface area contributed by atoms with E-state index < -0.39 is 0 Å². The molecule has 0 N–H and O–H groups in total. The summed E-state index contributed by atoms with van der Waals surface area (Å²) in [5, 5.41) is 0. The number of benzene rings is 1. The maximum absolute atomic E-state index is 5.38. The summed E-state index contributed by atoms with van der Waals surface area (Å²) in [5.74, 6) is 2.89. The molecule has 0 fully saturated rings. The van der Waals surface area contributed by atoms with E-state index in [1.165, 1.54) is 11.1 Å². The molecule has 1 aliphatic heterocycles. The molecule has 0 aliphatic carbocycles. The van der Waals surface area contributed by atoms with Gasteiger partial charge in [-0.15, -0.1) is 0 Å². The lowest BCUT2D eigenvalue weighted by Gasteiger charge is -2.29. The molecule has 2 aromatic rings. The molecule has 0 amide bonds. The Balaban J connectivity index is 1.86. The fourth-order valence-corrected chi connectivity index (χ4v) is 2.63. The van der Waals surface area contributed by atoms with Crippen LogP contribution in [-0.4, -0.2) is 37.8 Å². The molecular formula is C16H19N3O3. The summed E-state index contributed by atoms with van der Waals surface area (Å²) in [6, 6.07) is 4.09. The highest BCUT2D eigenvalue weighted by Crippen LogP contribution is 2.33. The number of anilines is 1. The van der Waals surface area contributed by atoms with Crippen LogP contribution in [0, 0.1) is 0 Å².